The summed E-state index contributed by atoms with van der Waals surface area (Å²) in [5.41, 5.74) is 6.37. The Hall–Kier alpha value is -2.31. The highest BCUT2D eigenvalue weighted by Crippen LogP contribution is 2.34. The molecule has 3 aromatic carbocycles. The predicted octanol–water partition coefficient (Wildman–Crippen LogP) is 4.95. The second-order valence-corrected chi connectivity index (χ2v) is 8.22. The van der Waals surface area contributed by atoms with Crippen molar-refractivity contribution >= 4 is 29.5 Å². The number of hydrogen-bond acceptors (Lipinski definition) is 4. The van der Waals surface area contributed by atoms with E-state index in [0.717, 1.165) is 26.6 Å². The molecule has 0 unspecified atom stereocenters. The third-order valence-corrected chi connectivity index (χ3v) is 6.23. The van der Waals surface area contributed by atoms with Crippen molar-refractivity contribution in [3.05, 3.63) is 88.9 Å². The SMILES string of the molecule is O=C(NO)[C@H]1Cc2ccccc2CN1Sc1ccc(-c2ccc(Cl)cc2)cc1. The summed E-state index contributed by atoms with van der Waals surface area (Å²) in [6.45, 7) is 0.637. The summed E-state index contributed by atoms with van der Waals surface area (Å²) in [5, 5.41) is 9.87. The fourth-order valence-corrected chi connectivity index (χ4v) is 4.53. The molecule has 4 nitrogen and oxygen atoms in total. The van der Waals surface area contributed by atoms with Gasteiger partial charge in [0.1, 0.15) is 6.04 Å². The number of nitrogens with one attached hydrogen (secondary N) is 1. The van der Waals surface area contributed by atoms with Crippen molar-refractivity contribution in [1.82, 2.24) is 9.79 Å². The fourth-order valence-electron chi connectivity index (χ4n) is 3.38. The second-order valence-electron chi connectivity index (χ2n) is 6.66. The van der Waals surface area contributed by atoms with Gasteiger partial charge in [0.15, 0.2) is 0 Å². The highest BCUT2D eigenvalue weighted by Gasteiger charge is 2.32. The maximum atomic E-state index is 12.2. The molecule has 3 aromatic rings. The summed E-state index contributed by atoms with van der Waals surface area (Å²) < 4.78 is 2.02. The normalized spacial score (nSPS) is 16.4. The minimum Gasteiger partial charge on any atom is -0.289 e. The molecular formula is C22H19ClN2O2S. The van der Waals surface area contributed by atoms with Crippen molar-refractivity contribution in [3.63, 3.8) is 0 Å². The van der Waals surface area contributed by atoms with Crippen LogP contribution in [-0.4, -0.2) is 21.5 Å². The Labute approximate surface area is 173 Å². The van der Waals surface area contributed by atoms with Gasteiger partial charge in [-0.25, -0.2) is 9.79 Å². The van der Waals surface area contributed by atoms with Gasteiger partial charge in [0.2, 0.25) is 0 Å². The summed E-state index contributed by atoms with van der Waals surface area (Å²) in [6.07, 6.45) is 0.568. The van der Waals surface area contributed by atoms with Crippen molar-refractivity contribution in [3.8, 4) is 11.1 Å². The van der Waals surface area contributed by atoms with Crippen LogP contribution in [-0.2, 0) is 17.8 Å². The molecule has 1 heterocycles. The predicted molar refractivity (Wildman–Crippen MR) is 112 cm³/mol. The van der Waals surface area contributed by atoms with Gasteiger partial charge in [0.25, 0.3) is 5.91 Å². The van der Waals surface area contributed by atoms with Crippen LogP contribution in [0.1, 0.15) is 11.1 Å². The van der Waals surface area contributed by atoms with E-state index in [0.29, 0.717) is 13.0 Å². The van der Waals surface area contributed by atoms with Gasteiger partial charge in [-0.1, -0.05) is 60.1 Å². The third kappa shape index (κ3) is 4.08. The van der Waals surface area contributed by atoms with E-state index in [1.54, 1.807) is 0 Å². The van der Waals surface area contributed by atoms with E-state index < -0.39 is 6.04 Å². The molecule has 0 fully saturated rings. The number of hydrogen-bond donors (Lipinski definition) is 2. The Balaban J connectivity index is 1.54. The first-order valence-corrected chi connectivity index (χ1v) is 10.1. The van der Waals surface area contributed by atoms with E-state index >= 15 is 0 Å². The van der Waals surface area contributed by atoms with E-state index in [2.05, 4.69) is 18.2 Å². The number of carbonyl (C=O) groups is 1. The summed E-state index contributed by atoms with van der Waals surface area (Å²) in [7, 11) is 0. The topological polar surface area (TPSA) is 52.6 Å². The van der Waals surface area contributed by atoms with E-state index in [4.69, 9.17) is 16.8 Å². The monoisotopic (exact) mass is 410 g/mol. The van der Waals surface area contributed by atoms with E-state index in [9.17, 15) is 4.79 Å². The highest BCUT2D eigenvalue weighted by atomic mass is 35.5. The summed E-state index contributed by atoms with van der Waals surface area (Å²) >= 11 is 7.49. The average molecular weight is 411 g/mol. The maximum absolute atomic E-state index is 12.2. The third-order valence-electron chi connectivity index (χ3n) is 4.87. The van der Waals surface area contributed by atoms with Crippen molar-refractivity contribution in [1.29, 1.82) is 0 Å². The van der Waals surface area contributed by atoms with Crippen LogP contribution in [0.4, 0.5) is 0 Å². The number of rotatable bonds is 4. The lowest BCUT2D eigenvalue weighted by Gasteiger charge is -2.34. The van der Waals surface area contributed by atoms with Gasteiger partial charge < -0.3 is 0 Å². The first-order chi connectivity index (χ1) is 13.6. The van der Waals surface area contributed by atoms with E-state index in [-0.39, 0.29) is 5.91 Å². The van der Waals surface area contributed by atoms with E-state index in [1.165, 1.54) is 17.5 Å². The van der Waals surface area contributed by atoms with Crippen molar-refractivity contribution < 1.29 is 10.0 Å². The molecule has 0 saturated carbocycles. The van der Waals surface area contributed by atoms with E-state index in [1.807, 2.05) is 64.4 Å². The van der Waals surface area contributed by atoms with Crippen LogP contribution < -0.4 is 5.48 Å². The van der Waals surface area contributed by atoms with Crippen LogP contribution in [0.5, 0.6) is 0 Å². The molecule has 1 amide bonds. The first-order valence-electron chi connectivity index (χ1n) is 8.95. The summed E-state index contributed by atoms with van der Waals surface area (Å²) in [5.74, 6) is -0.389. The number of carbonyl (C=O) groups excluding carboxylic acids is 1. The van der Waals surface area contributed by atoms with Gasteiger partial charge in [-0.3, -0.25) is 10.0 Å². The average Bonchev–Trinajstić information content (AvgIpc) is 2.74. The standard InChI is InChI=1S/C22H19ClN2O2S/c23-19-9-5-15(6-10-19)16-7-11-20(12-8-16)28-25-14-18-4-2-1-3-17(18)13-21(25)22(26)24-27/h1-12,21,27H,13-14H2,(H,24,26)/t21-/m1/s1. The molecule has 0 aromatic heterocycles. The Morgan fingerprint density at radius 3 is 2.21 bits per heavy atom. The van der Waals surface area contributed by atoms with Crippen molar-refractivity contribution in [2.75, 3.05) is 0 Å². The molecular weight excluding hydrogens is 392 g/mol. The van der Waals surface area contributed by atoms with Crippen LogP contribution >= 0.6 is 23.5 Å². The Morgan fingerprint density at radius 2 is 1.57 bits per heavy atom. The number of fused-ring (bicyclic) bond motifs is 1. The van der Waals surface area contributed by atoms with Crippen LogP contribution in [0.15, 0.2) is 77.7 Å². The lowest BCUT2D eigenvalue weighted by molar-refractivity contribution is -0.133. The smallest absolute Gasteiger partial charge is 0.261 e. The zero-order valence-electron chi connectivity index (χ0n) is 15.0. The molecule has 0 spiro atoms. The van der Waals surface area contributed by atoms with Gasteiger partial charge in [-0.05, 0) is 64.9 Å². The minimum atomic E-state index is -0.430. The number of hydroxylamine groups is 1. The number of halogens is 1. The summed E-state index contributed by atoms with van der Waals surface area (Å²) in [4.78, 5) is 13.3. The van der Waals surface area contributed by atoms with Crippen molar-refractivity contribution in [2.24, 2.45) is 0 Å². The number of nitrogens with zero attached hydrogens (tertiary/aromatic N) is 1. The second kappa shape index (κ2) is 8.37. The number of benzene rings is 3. The first kappa shape index (κ1) is 19.0. The lowest BCUT2D eigenvalue weighted by Crippen LogP contribution is -2.46. The molecule has 4 rings (SSSR count). The largest absolute Gasteiger partial charge is 0.289 e. The Morgan fingerprint density at radius 1 is 0.964 bits per heavy atom. The van der Waals surface area contributed by atoms with Gasteiger partial charge in [-0.2, -0.15) is 0 Å². The fraction of sp³-hybridized carbons (Fsp3) is 0.136. The molecule has 2 N–H and O–H groups in total. The number of amides is 1. The molecule has 142 valence electrons. The molecule has 0 bridgehead atoms. The van der Waals surface area contributed by atoms with Crippen LogP contribution in [0, 0.1) is 0 Å². The highest BCUT2D eigenvalue weighted by molar-refractivity contribution is 7.97. The molecule has 0 aliphatic carbocycles. The minimum absolute atomic E-state index is 0.389. The van der Waals surface area contributed by atoms with Crippen LogP contribution in [0.2, 0.25) is 5.02 Å². The maximum Gasteiger partial charge on any atom is 0.261 e. The molecule has 28 heavy (non-hydrogen) atoms. The zero-order chi connectivity index (χ0) is 19.5. The summed E-state index contributed by atoms with van der Waals surface area (Å²) in [6, 6.07) is 23.6. The molecule has 6 heteroatoms. The Kier molecular flexibility index (Phi) is 5.69. The quantitative estimate of drug-likeness (QED) is 0.363. The molecule has 0 saturated heterocycles. The Bertz CT molecular complexity index is 977. The van der Waals surface area contributed by atoms with Gasteiger partial charge in [0, 0.05) is 16.5 Å². The van der Waals surface area contributed by atoms with Crippen molar-refractivity contribution in [2.45, 2.75) is 23.9 Å². The van der Waals surface area contributed by atoms with Gasteiger partial charge >= 0.3 is 0 Å². The molecule has 1 aliphatic rings. The zero-order valence-corrected chi connectivity index (χ0v) is 16.6. The van der Waals surface area contributed by atoms with Gasteiger partial charge in [0.05, 0.1) is 0 Å². The molecule has 1 aliphatic heterocycles. The van der Waals surface area contributed by atoms with Crippen LogP contribution in [0.25, 0.3) is 11.1 Å². The van der Waals surface area contributed by atoms with Gasteiger partial charge in [-0.15, -0.1) is 0 Å². The molecule has 0 radical (unpaired) electrons. The van der Waals surface area contributed by atoms with Crippen LogP contribution in [0.3, 0.4) is 0 Å². The lowest BCUT2D eigenvalue weighted by atomic mass is 9.95. The molecule has 1 atom stereocenters.